The Balaban J connectivity index is 2.00. The van der Waals surface area contributed by atoms with Crippen molar-refractivity contribution in [2.75, 3.05) is 13.1 Å². The Hall–Kier alpha value is -1.49. The molecule has 1 aromatic rings. The second-order valence-corrected chi connectivity index (χ2v) is 5.42. The van der Waals surface area contributed by atoms with Crippen LogP contribution >= 0.6 is 0 Å². The van der Waals surface area contributed by atoms with Crippen LogP contribution in [0.25, 0.3) is 6.08 Å². The third kappa shape index (κ3) is 2.30. The van der Waals surface area contributed by atoms with Crippen molar-refractivity contribution >= 4 is 6.08 Å². The summed E-state index contributed by atoms with van der Waals surface area (Å²) in [4.78, 5) is 2.00. The van der Waals surface area contributed by atoms with Crippen molar-refractivity contribution in [1.29, 1.82) is 0 Å². The van der Waals surface area contributed by atoms with Crippen molar-refractivity contribution < 1.29 is 18.3 Å². The maximum atomic E-state index is 13.0. The second-order valence-electron chi connectivity index (χ2n) is 5.42. The first-order valence-electron chi connectivity index (χ1n) is 6.77. The lowest BCUT2D eigenvalue weighted by Crippen LogP contribution is -2.48. The molecule has 0 aliphatic carbocycles. The van der Waals surface area contributed by atoms with Crippen LogP contribution in [0.2, 0.25) is 0 Å². The summed E-state index contributed by atoms with van der Waals surface area (Å²) in [6.07, 6.45) is -1.68. The summed E-state index contributed by atoms with van der Waals surface area (Å²) in [6.45, 7) is 1.64. The summed E-state index contributed by atoms with van der Waals surface area (Å²) in [5, 5.41) is 10.2. The van der Waals surface area contributed by atoms with Crippen molar-refractivity contribution in [2.24, 2.45) is 5.92 Å². The number of benzene rings is 1. The first kappa shape index (κ1) is 13.5. The van der Waals surface area contributed by atoms with E-state index in [-0.39, 0.29) is 11.5 Å². The molecule has 0 spiro atoms. The number of halogens is 3. The highest BCUT2D eigenvalue weighted by Crippen LogP contribution is 2.38. The van der Waals surface area contributed by atoms with E-state index in [1.54, 1.807) is 6.07 Å². The number of fused-ring (bicyclic) bond motifs is 3. The van der Waals surface area contributed by atoms with E-state index in [0.29, 0.717) is 5.70 Å². The van der Waals surface area contributed by atoms with Gasteiger partial charge in [0.2, 0.25) is 0 Å². The van der Waals surface area contributed by atoms with Gasteiger partial charge >= 0.3 is 6.18 Å². The van der Waals surface area contributed by atoms with Gasteiger partial charge in [-0.05, 0) is 36.5 Å². The molecule has 2 nitrogen and oxygen atoms in total. The molecule has 0 saturated carbocycles. The van der Waals surface area contributed by atoms with E-state index in [1.807, 2.05) is 4.90 Å². The van der Waals surface area contributed by atoms with Gasteiger partial charge < -0.3 is 10.0 Å². The van der Waals surface area contributed by atoms with Gasteiger partial charge in [-0.3, -0.25) is 0 Å². The van der Waals surface area contributed by atoms with Crippen LogP contribution in [0.4, 0.5) is 13.2 Å². The quantitative estimate of drug-likeness (QED) is 0.856. The lowest BCUT2D eigenvalue weighted by atomic mass is 9.83. The van der Waals surface area contributed by atoms with Crippen LogP contribution in [0.3, 0.4) is 0 Å². The van der Waals surface area contributed by atoms with E-state index in [2.05, 4.69) is 0 Å². The number of aliphatic hydroxyl groups excluding tert-OH is 1. The number of nitrogens with zero attached hydrogens (tertiary/aromatic N) is 1. The van der Waals surface area contributed by atoms with Crippen LogP contribution in [0.15, 0.2) is 30.0 Å². The number of hydrogen-bond acceptors (Lipinski definition) is 2. The molecule has 4 rings (SSSR count). The minimum absolute atomic E-state index is 0.126. The molecule has 3 fully saturated rings. The van der Waals surface area contributed by atoms with Gasteiger partial charge in [-0.1, -0.05) is 18.2 Å². The van der Waals surface area contributed by atoms with Crippen molar-refractivity contribution in [2.45, 2.75) is 25.1 Å². The van der Waals surface area contributed by atoms with Gasteiger partial charge in [0, 0.05) is 18.8 Å². The molecule has 0 radical (unpaired) electrons. The standard InChI is InChI=1S/C15H16F3NO/c16-15(17,18)12-4-2-1-3-11(12)9-13-14(20)10-5-7-19(13)8-6-10/h1-4,9-10,14,20H,5-8H2/b13-9-/t14-/m1/s1. The fourth-order valence-corrected chi connectivity index (χ4v) is 3.12. The third-order valence-electron chi connectivity index (χ3n) is 4.22. The third-order valence-corrected chi connectivity index (χ3v) is 4.22. The maximum absolute atomic E-state index is 13.0. The largest absolute Gasteiger partial charge is 0.416 e. The Morgan fingerprint density at radius 2 is 1.80 bits per heavy atom. The smallest absolute Gasteiger partial charge is 0.387 e. The molecule has 3 heterocycles. The van der Waals surface area contributed by atoms with E-state index in [0.717, 1.165) is 32.0 Å². The molecule has 108 valence electrons. The molecule has 20 heavy (non-hydrogen) atoms. The molecule has 3 saturated heterocycles. The zero-order valence-corrected chi connectivity index (χ0v) is 10.9. The molecular weight excluding hydrogens is 267 g/mol. The van der Waals surface area contributed by atoms with E-state index in [4.69, 9.17) is 0 Å². The van der Waals surface area contributed by atoms with Crippen LogP contribution in [-0.4, -0.2) is 29.2 Å². The fourth-order valence-electron chi connectivity index (χ4n) is 3.12. The SMILES string of the molecule is O[C@H]1/C(=C/c2ccccc2C(F)(F)F)N2CCC1CC2. The number of rotatable bonds is 1. The zero-order chi connectivity index (χ0) is 14.3. The normalized spacial score (nSPS) is 28.2. The van der Waals surface area contributed by atoms with E-state index < -0.39 is 17.8 Å². The lowest BCUT2D eigenvalue weighted by molar-refractivity contribution is -0.137. The van der Waals surface area contributed by atoms with Gasteiger partial charge in [-0.15, -0.1) is 0 Å². The summed E-state index contributed by atoms with van der Waals surface area (Å²) >= 11 is 0. The van der Waals surface area contributed by atoms with Crippen LogP contribution < -0.4 is 0 Å². The topological polar surface area (TPSA) is 23.5 Å². The molecule has 0 amide bonds. The van der Waals surface area contributed by atoms with E-state index in [9.17, 15) is 18.3 Å². The van der Waals surface area contributed by atoms with Crippen molar-refractivity contribution in [3.8, 4) is 0 Å². The average molecular weight is 283 g/mol. The Labute approximate surface area is 115 Å². The van der Waals surface area contributed by atoms with Crippen molar-refractivity contribution in [1.82, 2.24) is 4.90 Å². The molecular formula is C15H16F3NO. The highest BCUT2D eigenvalue weighted by molar-refractivity contribution is 5.58. The minimum atomic E-state index is -4.37. The number of alkyl halides is 3. The van der Waals surface area contributed by atoms with Crippen LogP contribution in [0.5, 0.6) is 0 Å². The average Bonchev–Trinajstić information content (AvgIpc) is 2.43. The summed E-state index contributed by atoms with van der Waals surface area (Å²) in [5.74, 6) is 0.185. The van der Waals surface area contributed by atoms with Crippen LogP contribution in [0.1, 0.15) is 24.0 Å². The van der Waals surface area contributed by atoms with Gasteiger partial charge in [0.25, 0.3) is 0 Å². The van der Waals surface area contributed by atoms with E-state index >= 15 is 0 Å². The highest BCUT2D eigenvalue weighted by atomic mass is 19.4. The molecule has 3 aliphatic rings. The Morgan fingerprint density at radius 1 is 1.15 bits per heavy atom. The summed E-state index contributed by atoms with van der Waals surface area (Å²) < 4.78 is 38.9. The molecule has 0 unspecified atom stereocenters. The number of aliphatic hydroxyl groups is 1. The monoisotopic (exact) mass is 283 g/mol. The van der Waals surface area contributed by atoms with Crippen molar-refractivity contribution in [3.05, 3.63) is 41.1 Å². The predicted molar refractivity (Wildman–Crippen MR) is 69.7 cm³/mol. The number of hydrogen-bond donors (Lipinski definition) is 1. The Kier molecular flexibility index (Phi) is 3.24. The Morgan fingerprint density at radius 3 is 2.40 bits per heavy atom. The van der Waals surface area contributed by atoms with Crippen LogP contribution in [0, 0.1) is 5.92 Å². The summed E-state index contributed by atoms with van der Waals surface area (Å²) in [5.41, 5.74) is 0.105. The van der Waals surface area contributed by atoms with Crippen molar-refractivity contribution in [3.63, 3.8) is 0 Å². The summed E-state index contributed by atoms with van der Waals surface area (Å²) in [6, 6.07) is 5.50. The second kappa shape index (κ2) is 4.81. The van der Waals surface area contributed by atoms with Crippen LogP contribution in [-0.2, 0) is 6.18 Å². The molecule has 3 aliphatic heterocycles. The van der Waals surface area contributed by atoms with Gasteiger partial charge in [0.15, 0.2) is 0 Å². The summed E-state index contributed by atoms with van der Waals surface area (Å²) in [7, 11) is 0. The maximum Gasteiger partial charge on any atom is 0.416 e. The van der Waals surface area contributed by atoms with Gasteiger partial charge in [-0.2, -0.15) is 13.2 Å². The minimum Gasteiger partial charge on any atom is -0.387 e. The molecule has 2 bridgehead atoms. The molecule has 0 aromatic heterocycles. The molecule has 1 N–H and O–H groups in total. The molecule has 1 atom stereocenters. The fraction of sp³-hybridized carbons (Fsp3) is 0.467. The Bertz CT molecular complexity index is 526. The van der Waals surface area contributed by atoms with Gasteiger partial charge in [-0.25, -0.2) is 0 Å². The lowest BCUT2D eigenvalue weighted by Gasteiger charge is -2.46. The molecule has 1 aromatic carbocycles. The predicted octanol–water partition coefficient (Wildman–Crippen LogP) is 3.13. The van der Waals surface area contributed by atoms with Gasteiger partial charge in [0.1, 0.15) is 0 Å². The van der Waals surface area contributed by atoms with Gasteiger partial charge in [0.05, 0.1) is 11.7 Å². The zero-order valence-electron chi connectivity index (χ0n) is 10.9. The molecule has 5 heteroatoms. The first-order valence-corrected chi connectivity index (χ1v) is 6.77. The first-order chi connectivity index (χ1) is 9.47. The van der Waals surface area contributed by atoms with E-state index in [1.165, 1.54) is 18.2 Å². The number of piperidine rings is 3. The highest BCUT2D eigenvalue weighted by Gasteiger charge is 2.38.